The van der Waals surface area contributed by atoms with Gasteiger partial charge in [0, 0.05) is 25.7 Å². The van der Waals surface area contributed by atoms with Gasteiger partial charge in [-0.25, -0.2) is 14.8 Å². The first-order valence-electron chi connectivity index (χ1n) is 13.2. The highest BCUT2D eigenvalue weighted by molar-refractivity contribution is 5.70. The van der Waals surface area contributed by atoms with Crippen LogP contribution in [0.25, 0.3) is 11.3 Å². The first kappa shape index (κ1) is 26.7. The summed E-state index contributed by atoms with van der Waals surface area (Å²) < 4.78 is 13.3. The number of aryl methyl sites for hydroxylation is 1. The van der Waals surface area contributed by atoms with Crippen LogP contribution < -0.4 is 10.5 Å². The Morgan fingerprint density at radius 3 is 2.65 bits per heavy atom. The molecule has 0 radical (unpaired) electrons. The number of aliphatic carboxylic acids is 1. The van der Waals surface area contributed by atoms with Crippen LogP contribution in [0.3, 0.4) is 0 Å². The molecule has 11 nitrogen and oxygen atoms in total. The van der Waals surface area contributed by atoms with Crippen molar-refractivity contribution in [1.82, 2.24) is 24.6 Å². The van der Waals surface area contributed by atoms with E-state index in [1.165, 1.54) is 0 Å². The van der Waals surface area contributed by atoms with E-state index in [1.54, 1.807) is 36.1 Å². The lowest BCUT2D eigenvalue weighted by Crippen LogP contribution is -2.35. The van der Waals surface area contributed by atoms with Gasteiger partial charge in [0.1, 0.15) is 12.7 Å². The topological polar surface area (TPSA) is 146 Å². The maximum absolute atomic E-state index is 12.6. The molecule has 1 amide bonds. The van der Waals surface area contributed by atoms with E-state index in [1.807, 2.05) is 0 Å². The fourth-order valence-corrected chi connectivity index (χ4v) is 5.61. The van der Waals surface area contributed by atoms with E-state index in [2.05, 4.69) is 22.0 Å². The van der Waals surface area contributed by atoms with E-state index in [9.17, 15) is 14.7 Å². The van der Waals surface area contributed by atoms with Crippen LogP contribution in [0.2, 0.25) is 0 Å². The molecule has 2 aliphatic rings. The molecule has 37 heavy (non-hydrogen) atoms. The summed E-state index contributed by atoms with van der Waals surface area (Å²) in [5.74, 6) is -0.605. The van der Waals surface area contributed by atoms with Crippen LogP contribution in [0.5, 0.6) is 5.88 Å². The lowest BCUT2D eigenvalue weighted by molar-refractivity contribution is -0.144. The second kappa shape index (κ2) is 11.8. The largest absolute Gasteiger partial charge is 0.481 e. The summed E-state index contributed by atoms with van der Waals surface area (Å²) in [6.45, 7) is 2.14. The third-order valence-electron chi connectivity index (χ3n) is 7.68. The van der Waals surface area contributed by atoms with Gasteiger partial charge in [-0.2, -0.15) is 5.10 Å². The van der Waals surface area contributed by atoms with E-state index < -0.39 is 11.9 Å². The van der Waals surface area contributed by atoms with Crippen molar-refractivity contribution in [2.45, 2.75) is 83.5 Å². The molecule has 2 aliphatic carbocycles. The Kier molecular flexibility index (Phi) is 8.50. The molecule has 1 unspecified atom stereocenters. The van der Waals surface area contributed by atoms with Crippen LogP contribution in [0.1, 0.15) is 70.4 Å². The molecule has 3 N–H and O–H groups in total. The highest BCUT2D eigenvalue weighted by Crippen LogP contribution is 2.35. The lowest BCUT2D eigenvalue weighted by atomic mass is 9.78. The van der Waals surface area contributed by atoms with Gasteiger partial charge in [-0.1, -0.05) is 32.6 Å². The Balaban J connectivity index is 1.44. The minimum absolute atomic E-state index is 0.0407. The van der Waals surface area contributed by atoms with Crippen LogP contribution in [0, 0.1) is 11.8 Å². The monoisotopic (exact) mass is 514 g/mol. The van der Waals surface area contributed by atoms with Gasteiger partial charge in [0.05, 0.1) is 29.7 Å². The zero-order valence-corrected chi connectivity index (χ0v) is 21.9. The number of ether oxygens (including phenoxy) is 2. The highest BCUT2D eigenvalue weighted by atomic mass is 16.6. The van der Waals surface area contributed by atoms with Crippen LogP contribution in [-0.2, 0) is 23.2 Å². The number of nitrogens with zero attached hydrogens (tertiary/aromatic N) is 5. The second-order valence-electron chi connectivity index (χ2n) is 10.3. The Labute approximate surface area is 217 Å². The van der Waals surface area contributed by atoms with Crippen molar-refractivity contribution >= 4 is 17.9 Å². The van der Waals surface area contributed by atoms with Gasteiger partial charge in [0.2, 0.25) is 0 Å². The molecule has 0 aliphatic heterocycles. The molecular weight excluding hydrogens is 476 g/mol. The van der Waals surface area contributed by atoms with Gasteiger partial charge in [0.15, 0.2) is 5.82 Å². The van der Waals surface area contributed by atoms with Gasteiger partial charge in [-0.05, 0) is 38.0 Å². The molecule has 2 aromatic rings. The SMILES string of the molecule is CCCC1C[C@H](Oc2ncc(-c3cnn(C)c3COC(=O)N(C)C3CCCC3)nc2N)C[C@@H](C(=O)O)C1. The number of nitrogen functional groups attached to an aromatic ring is 1. The van der Waals surface area contributed by atoms with Gasteiger partial charge in [0.25, 0.3) is 5.88 Å². The molecular formula is C26H38N6O5. The number of carbonyl (C=O) groups is 2. The third-order valence-corrected chi connectivity index (χ3v) is 7.68. The number of carbonyl (C=O) groups excluding carboxylic acids is 1. The van der Waals surface area contributed by atoms with E-state index in [4.69, 9.17) is 15.2 Å². The number of rotatable bonds is 9. The molecule has 4 rings (SSSR count). The van der Waals surface area contributed by atoms with Crippen molar-refractivity contribution in [2.75, 3.05) is 12.8 Å². The summed E-state index contributed by atoms with van der Waals surface area (Å²) in [5.41, 5.74) is 8.05. The van der Waals surface area contributed by atoms with Crippen LogP contribution in [0.15, 0.2) is 12.4 Å². The first-order valence-corrected chi connectivity index (χ1v) is 13.2. The number of carboxylic acids is 1. The molecule has 2 heterocycles. The van der Waals surface area contributed by atoms with Crippen molar-refractivity contribution in [2.24, 2.45) is 18.9 Å². The molecule has 0 spiro atoms. The molecule has 2 saturated carbocycles. The molecule has 3 atom stereocenters. The van der Waals surface area contributed by atoms with Crippen LogP contribution in [-0.4, -0.2) is 61.0 Å². The first-order chi connectivity index (χ1) is 17.8. The number of anilines is 1. The van der Waals surface area contributed by atoms with E-state index in [0.29, 0.717) is 35.7 Å². The predicted octanol–water partition coefficient (Wildman–Crippen LogP) is 4.02. The summed E-state index contributed by atoms with van der Waals surface area (Å²) in [7, 11) is 3.55. The average molecular weight is 515 g/mol. The number of carboxylic acid groups (broad SMARTS) is 1. The normalized spacial score (nSPS) is 22.1. The molecule has 2 fully saturated rings. The molecule has 0 saturated heterocycles. The maximum Gasteiger partial charge on any atom is 0.410 e. The number of hydrogen-bond acceptors (Lipinski definition) is 8. The zero-order valence-electron chi connectivity index (χ0n) is 21.9. The van der Waals surface area contributed by atoms with Gasteiger partial charge >= 0.3 is 12.1 Å². The number of aromatic nitrogens is 4. The fraction of sp³-hybridized carbons (Fsp3) is 0.654. The van der Waals surface area contributed by atoms with Crippen LogP contribution >= 0.6 is 0 Å². The number of nitrogens with two attached hydrogens (primary N) is 1. The Hall–Kier alpha value is -3.37. The molecule has 0 bridgehead atoms. The summed E-state index contributed by atoms with van der Waals surface area (Å²) in [6.07, 6.45) is 10.7. The highest BCUT2D eigenvalue weighted by Gasteiger charge is 2.34. The summed E-state index contributed by atoms with van der Waals surface area (Å²) >= 11 is 0. The summed E-state index contributed by atoms with van der Waals surface area (Å²) in [4.78, 5) is 34.8. The van der Waals surface area contributed by atoms with Gasteiger partial charge in [-0.15, -0.1) is 0 Å². The Bertz CT molecular complexity index is 1100. The van der Waals surface area contributed by atoms with Crippen molar-refractivity contribution in [3.8, 4) is 17.1 Å². The van der Waals surface area contributed by atoms with E-state index in [-0.39, 0.29) is 36.5 Å². The molecule has 202 valence electrons. The van der Waals surface area contributed by atoms with Gasteiger partial charge in [-0.3, -0.25) is 9.48 Å². The van der Waals surface area contributed by atoms with Crippen molar-refractivity contribution in [1.29, 1.82) is 0 Å². The van der Waals surface area contributed by atoms with E-state index in [0.717, 1.165) is 44.9 Å². The number of hydrogen-bond donors (Lipinski definition) is 2. The Morgan fingerprint density at radius 2 is 1.97 bits per heavy atom. The summed E-state index contributed by atoms with van der Waals surface area (Å²) in [5, 5.41) is 13.9. The minimum Gasteiger partial charge on any atom is -0.481 e. The quantitative estimate of drug-likeness (QED) is 0.506. The van der Waals surface area contributed by atoms with E-state index >= 15 is 0 Å². The summed E-state index contributed by atoms with van der Waals surface area (Å²) in [6, 6.07) is 0.226. The molecule has 11 heteroatoms. The van der Waals surface area contributed by atoms with Crippen molar-refractivity contribution < 1.29 is 24.2 Å². The predicted molar refractivity (Wildman–Crippen MR) is 137 cm³/mol. The second-order valence-corrected chi connectivity index (χ2v) is 10.3. The van der Waals surface area contributed by atoms with Crippen molar-refractivity contribution in [3.05, 3.63) is 18.1 Å². The zero-order chi connectivity index (χ0) is 26.5. The lowest BCUT2D eigenvalue weighted by Gasteiger charge is -2.33. The fourth-order valence-electron chi connectivity index (χ4n) is 5.61. The number of amides is 1. The average Bonchev–Trinajstić information content (AvgIpc) is 3.53. The van der Waals surface area contributed by atoms with Crippen molar-refractivity contribution in [3.63, 3.8) is 0 Å². The maximum atomic E-state index is 12.6. The van der Waals surface area contributed by atoms with Crippen LogP contribution in [0.4, 0.5) is 10.6 Å². The smallest absolute Gasteiger partial charge is 0.410 e. The third kappa shape index (κ3) is 6.31. The molecule has 0 aromatic carbocycles. The standard InChI is InChI=1S/C26H38N6O5/c1-4-7-16-10-17(25(33)34)12-19(11-16)37-24-23(27)30-21(14-28-24)20-13-29-32(3)22(20)15-36-26(35)31(2)18-8-5-6-9-18/h13-14,16-19H,4-12,15H2,1-3H3,(H2,27,30)(H,33,34)/t16?,17-,19-/m0/s1. The Morgan fingerprint density at radius 1 is 1.22 bits per heavy atom. The minimum atomic E-state index is -0.789. The molecule has 2 aromatic heterocycles. The van der Waals surface area contributed by atoms with Gasteiger partial charge < -0.3 is 25.2 Å².